The molecule has 2 aromatic rings. The second-order valence-corrected chi connectivity index (χ2v) is 5.70. The molecule has 0 aliphatic carbocycles. The number of amides is 2. The summed E-state index contributed by atoms with van der Waals surface area (Å²) in [6.45, 7) is 1.97. The van der Waals surface area contributed by atoms with E-state index >= 15 is 0 Å². The monoisotopic (exact) mass is 326 g/mol. The molecule has 0 fully saturated rings. The van der Waals surface area contributed by atoms with Crippen LogP contribution in [0.3, 0.4) is 0 Å². The zero-order chi connectivity index (χ0) is 17.3. The van der Waals surface area contributed by atoms with Gasteiger partial charge in [-0.05, 0) is 37.3 Å². The van der Waals surface area contributed by atoms with Crippen LogP contribution >= 0.6 is 0 Å². The van der Waals surface area contributed by atoms with E-state index in [0.29, 0.717) is 28.3 Å². The molecule has 1 aliphatic rings. The molecule has 0 saturated carbocycles. The molecule has 0 aromatic heterocycles. The number of nitrogens with one attached hydrogen (secondary N) is 1. The first-order valence-corrected chi connectivity index (χ1v) is 7.56. The highest BCUT2D eigenvalue weighted by atomic mass is 16.5. The first-order chi connectivity index (χ1) is 11.5. The molecule has 0 bridgehead atoms. The van der Waals surface area contributed by atoms with Gasteiger partial charge in [0, 0.05) is 28.8 Å². The number of anilines is 1. The predicted molar refractivity (Wildman–Crippen MR) is 89.7 cm³/mol. The van der Waals surface area contributed by atoms with Gasteiger partial charge in [-0.15, -0.1) is 0 Å². The summed E-state index contributed by atoms with van der Waals surface area (Å²) in [5.74, 6) is 0.388. The van der Waals surface area contributed by atoms with E-state index < -0.39 is 5.91 Å². The van der Waals surface area contributed by atoms with Crippen molar-refractivity contribution < 1.29 is 19.1 Å². The zero-order valence-corrected chi connectivity index (χ0v) is 13.5. The van der Waals surface area contributed by atoms with E-state index in [1.807, 2.05) is 6.92 Å². The zero-order valence-electron chi connectivity index (χ0n) is 13.5. The lowest BCUT2D eigenvalue weighted by Crippen LogP contribution is -2.14. The summed E-state index contributed by atoms with van der Waals surface area (Å²) in [6, 6.07) is 9.93. The molecule has 24 heavy (non-hydrogen) atoms. The van der Waals surface area contributed by atoms with Gasteiger partial charge >= 0.3 is 0 Å². The van der Waals surface area contributed by atoms with Gasteiger partial charge in [-0.2, -0.15) is 0 Å². The Kier molecular flexibility index (Phi) is 4.12. The van der Waals surface area contributed by atoms with Crippen LogP contribution in [-0.4, -0.2) is 25.0 Å². The number of hydrogen-bond donors (Lipinski definition) is 2. The average molecular weight is 326 g/mol. The van der Waals surface area contributed by atoms with Gasteiger partial charge in [-0.3, -0.25) is 9.59 Å². The van der Waals surface area contributed by atoms with Gasteiger partial charge in [0.05, 0.1) is 7.11 Å². The highest BCUT2D eigenvalue weighted by Gasteiger charge is 2.25. The fraction of sp³-hybridized carbons (Fsp3) is 0.222. The third kappa shape index (κ3) is 3.03. The molecule has 6 heteroatoms. The van der Waals surface area contributed by atoms with Crippen molar-refractivity contribution in [2.24, 2.45) is 5.73 Å². The van der Waals surface area contributed by atoms with Crippen molar-refractivity contribution in [1.82, 2.24) is 0 Å². The molecule has 3 rings (SSSR count). The molecule has 124 valence electrons. The number of benzene rings is 2. The Bertz CT molecular complexity index is 817. The maximum atomic E-state index is 12.5. The first kappa shape index (κ1) is 15.9. The van der Waals surface area contributed by atoms with Gasteiger partial charge in [-0.1, -0.05) is 6.07 Å². The number of methoxy groups -OCH3 is 1. The van der Waals surface area contributed by atoms with Crippen molar-refractivity contribution >= 4 is 17.5 Å². The summed E-state index contributed by atoms with van der Waals surface area (Å²) >= 11 is 0. The van der Waals surface area contributed by atoms with E-state index in [2.05, 4.69) is 5.32 Å². The second-order valence-electron chi connectivity index (χ2n) is 5.70. The lowest BCUT2D eigenvalue weighted by molar-refractivity contribution is 0.0996. The van der Waals surface area contributed by atoms with Crippen molar-refractivity contribution in [2.75, 3.05) is 12.4 Å². The first-order valence-electron chi connectivity index (χ1n) is 7.56. The fourth-order valence-electron chi connectivity index (χ4n) is 2.73. The molecule has 6 nitrogen and oxygen atoms in total. The quantitative estimate of drug-likeness (QED) is 0.902. The van der Waals surface area contributed by atoms with Crippen LogP contribution in [0.5, 0.6) is 11.5 Å². The van der Waals surface area contributed by atoms with Crippen LogP contribution in [0.15, 0.2) is 36.4 Å². The van der Waals surface area contributed by atoms with Gasteiger partial charge in [0.2, 0.25) is 5.91 Å². The highest BCUT2D eigenvalue weighted by molar-refractivity contribution is 6.05. The molecule has 3 N–H and O–H groups in total. The lowest BCUT2D eigenvalue weighted by atomic mass is 10.1. The minimum Gasteiger partial charge on any atom is -0.493 e. The maximum absolute atomic E-state index is 12.5. The van der Waals surface area contributed by atoms with E-state index in [-0.39, 0.29) is 12.0 Å². The second kappa shape index (κ2) is 6.23. The summed E-state index contributed by atoms with van der Waals surface area (Å²) in [4.78, 5) is 23.8. The Labute approximate surface area is 139 Å². The molecule has 0 radical (unpaired) electrons. The molecular formula is C18H18N2O4. The van der Waals surface area contributed by atoms with Crippen LogP contribution in [0, 0.1) is 0 Å². The Balaban J connectivity index is 1.87. The number of carbonyl (C=O) groups excluding carboxylic acids is 2. The number of hydrogen-bond acceptors (Lipinski definition) is 4. The highest BCUT2D eigenvalue weighted by Crippen LogP contribution is 2.39. The Morgan fingerprint density at radius 2 is 2.04 bits per heavy atom. The maximum Gasteiger partial charge on any atom is 0.255 e. The Morgan fingerprint density at radius 1 is 1.25 bits per heavy atom. The summed E-state index contributed by atoms with van der Waals surface area (Å²) in [5, 5.41) is 2.76. The summed E-state index contributed by atoms with van der Waals surface area (Å²) < 4.78 is 11.0. The van der Waals surface area contributed by atoms with Gasteiger partial charge < -0.3 is 20.5 Å². The molecule has 0 unspecified atom stereocenters. The molecule has 0 spiro atoms. The summed E-state index contributed by atoms with van der Waals surface area (Å²) in [6.07, 6.45) is 0.781. The van der Waals surface area contributed by atoms with Crippen LogP contribution in [-0.2, 0) is 6.42 Å². The number of fused-ring (bicyclic) bond motifs is 1. The molecule has 1 heterocycles. The van der Waals surface area contributed by atoms with Gasteiger partial charge in [0.25, 0.3) is 5.91 Å². The van der Waals surface area contributed by atoms with Crippen LogP contribution in [0.25, 0.3) is 0 Å². The van der Waals surface area contributed by atoms with Gasteiger partial charge in [0.15, 0.2) is 11.5 Å². The van der Waals surface area contributed by atoms with E-state index in [1.165, 1.54) is 6.07 Å². The minimum atomic E-state index is -0.545. The van der Waals surface area contributed by atoms with Crippen molar-refractivity contribution in [3.05, 3.63) is 53.1 Å². The third-order valence-electron chi connectivity index (χ3n) is 3.85. The largest absolute Gasteiger partial charge is 0.493 e. The van der Waals surface area contributed by atoms with E-state index in [1.54, 1.807) is 37.4 Å². The van der Waals surface area contributed by atoms with Gasteiger partial charge in [-0.25, -0.2) is 0 Å². The minimum absolute atomic E-state index is 0.0551. The van der Waals surface area contributed by atoms with Crippen LogP contribution in [0.2, 0.25) is 0 Å². The predicted octanol–water partition coefficient (Wildman–Crippen LogP) is 2.37. The van der Waals surface area contributed by atoms with Crippen molar-refractivity contribution in [1.29, 1.82) is 0 Å². The van der Waals surface area contributed by atoms with Crippen LogP contribution < -0.4 is 20.5 Å². The SMILES string of the molecule is COc1cc(C(=O)Nc2cccc(C(N)=O)c2)cc2c1O[C@H](C)C2. The van der Waals surface area contributed by atoms with Gasteiger partial charge in [0.1, 0.15) is 6.10 Å². The van der Waals surface area contributed by atoms with Crippen molar-refractivity contribution in [3.8, 4) is 11.5 Å². The number of rotatable bonds is 4. The molecule has 1 atom stereocenters. The van der Waals surface area contributed by atoms with E-state index in [9.17, 15) is 9.59 Å². The number of carbonyl (C=O) groups is 2. The number of nitrogens with two attached hydrogens (primary N) is 1. The van der Waals surface area contributed by atoms with E-state index in [4.69, 9.17) is 15.2 Å². The fourth-order valence-corrected chi connectivity index (χ4v) is 2.73. The molecule has 0 saturated heterocycles. The topological polar surface area (TPSA) is 90.6 Å². The molecular weight excluding hydrogens is 308 g/mol. The molecule has 1 aliphatic heterocycles. The summed E-state index contributed by atoms with van der Waals surface area (Å²) in [7, 11) is 1.54. The average Bonchev–Trinajstić information content (AvgIpc) is 2.94. The standard InChI is InChI=1S/C18H18N2O4/c1-10-6-12-7-13(9-15(23-2)16(12)24-10)18(22)20-14-5-3-4-11(8-14)17(19)21/h3-5,7-10H,6H2,1-2H3,(H2,19,21)(H,20,22)/t10-/m1/s1. The molecule has 2 amide bonds. The third-order valence-corrected chi connectivity index (χ3v) is 3.85. The molecule has 2 aromatic carbocycles. The van der Waals surface area contributed by atoms with Crippen molar-refractivity contribution in [2.45, 2.75) is 19.4 Å². The van der Waals surface area contributed by atoms with Crippen LogP contribution in [0.1, 0.15) is 33.2 Å². The van der Waals surface area contributed by atoms with Crippen molar-refractivity contribution in [3.63, 3.8) is 0 Å². The lowest BCUT2D eigenvalue weighted by Gasteiger charge is -2.11. The Hall–Kier alpha value is -3.02. The Morgan fingerprint density at radius 3 is 2.75 bits per heavy atom. The smallest absolute Gasteiger partial charge is 0.255 e. The number of ether oxygens (including phenoxy) is 2. The van der Waals surface area contributed by atoms with Crippen LogP contribution in [0.4, 0.5) is 5.69 Å². The van der Waals surface area contributed by atoms with E-state index in [0.717, 1.165) is 12.0 Å². The number of primary amides is 1. The normalized spacial score (nSPS) is 15.3. The summed E-state index contributed by atoms with van der Waals surface area (Å²) in [5.41, 5.74) is 7.50.